The Labute approximate surface area is 122 Å². The Hall–Kier alpha value is -1.51. The van der Waals surface area contributed by atoms with Gasteiger partial charge in [-0.1, -0.05) is 26.3 Å². The molecular formula is C17H25NO2. The van der Waals surface area contributed by atoms with Crippen LogP contribution in [0.15, 0.2) is 23.2 Å². The van der Waals surface area contributed by atoms with Crippen LogP contribution in [0.4, 0.5) is 0 Å². The Balaban J connectivity index is 2.18. The summed E-state index contributed by atoms with van der Waals surface area (Å²) in [6.45, 7) is 4.62. The van der Waals surface area contributed by atoms with Crippen LogP contribution >= 0.6 is 0 Å². The van der Waals surface area contributed by atoms with Crippen molar-refractivity contribution in [1.82, 2.24) is 0 Å². The van der Waals surface area contributed by atoms with Gasteiger partial charge in [0.25, 0.3) is 0 Å². The summed E-state index contributed by atoms with van der Waals surface area (Å²) in [4.78, 5) is 4.81. The number of hydrogen-bond acceptors (Lipinski definition) is 3. The van der Waals surface area contributed by atoms with E-state index in [4.69, 9.17) is 14.5 Å². The zero-order chi connectivity index (χ0) is 14.5. The van der Waals surface area contributed by atoms with Crippen LogP contribution in [0, 0.1) is 11.8 Å². The van der Waals surface area contributed by atoms with Gasteiger partial charge in [0, 0.05) is 11.8 Å². The van der Waals surface area contributed by atoms with Crippen LogP contribution in [0.25, 0.3) is 0 Å². The third-order valence-electron chi connectivity index (χ3n) is 4.25. The molecule has 1 fully saturated rings. The van der Waals surface area contributed by atoms with Crippen molar-refractivity contribution in [2.45, 2.75) is 39.2 Å². The van der Waals surface area contributed by atoms with Crippen LogP contribution in [0.2, 0.25) is 0 Å². The normalized spacial score (nSPS) is 26.7. The van der Waals surface area contributed by atoms with Crippen LogP contribution in [0.5, 0.6) is 11.5 Å². The molecule has 2 rings (SSSR count). The molecule has 1 saturated carbocycles. The highest BCUT2D eigenvalue weighted by atomic mass is 16.5. The summed E-state index contributed by atoms with van der Waals surface area (Å²) in [5.74, 6) is 2.95. The summed E-state index contributed by atoms with van der Waals surface area (Å²) in [5.41, 5.74) is 0.984. The third-order valence-corrected chi connectivity index (χ3v) is 4.25. The summed E-state index contributed by atoms with van der Waals surface area (Å²) >= 11 is 0. The van der Waals surface area contributed by atoms with Crippen molar-refractivity contribution in [1.29, 1.82) is 0 Å². The van der Waals surface area contributed by atoms with E-state index < -0.39 is 0 Å². The fraction of sp³-hybridized carbons (Fsp3) is 0.588. The Bertz CT molecular complexity index is 470. The van der Waals surface area contributed by atoms with E-state index in [0.717, 1.165) is 23.0 Å². The second-order valence-electron chi connectivity index (χ2n) is 5.82. The van der Waals surface area contributed by atoms with Crippen molar-refractivity contribution in [3.63, 3.8) is 0 Å². The molecule has 3 nitrogen and oxygen atoms in total. The molecule has 0 aliphatic heterocycles. The van der Waals surface area contributed by atoms with Gasteiger partial charge in [-0.3, -0.25) is 4.99 Å². The van der Waals surface area contributed by atoms with Crippen molar-refractivity contribution in [2.75, 3.05) is 14.2 Å². The summed E-state index contributed by atoms with van der Waals surface area (Å²) in [7, 11) is 3.32. The highest BCUT2D eigenvalue weighted by Gasteiger charge is 2.24. The fourth-order valence-corrected chi connectivity index (χ4v) is 2.90. The summed E-state index contributed by atoms with van der Waals surface area (Å²) in [5, 5.41) is 0. The van der Waals surface area contributed by atoms with Gasteiger partial charge >= 0.3 is 0 Å². The molecule has 0 unspecified atom stereocenters. The second-order valence-corrected chi connectivity index (χ2v) is 5.82. The first kappa shape index (κ1) is 14.9. The van der Waals surface area contributed by atoms with E-state index in [2.05, 4.69) is 13.8 Å². The Morgan fingerprint density at radius 1 is 1.15 bits per heavy atom. The van der Waals surface area contributed by atoms with E-state index >= 15 is 0 Å². The maximum Gasteiger partial charge on any atom is 0.169 e. The monoisotopic (exact) mass is 275 g/mol. The zero-order valence-electron chi connectivity index (χ0n) is 12.9. The van der Waals surface area contributed by atoms with Gasteiger partial charge in [-0.25, -0.2) is 0 Å². The predicted octanol–water partition coefficient (Wildman–Crippen LogP) is 3.95. The van der Waals surface area contributed by atoms with Crippen LogP contribution in [0.3, 0.4) is 0 Å². The molecule has 0 bridgehead atoms. The van der Waals surface area contributed by atoms with Gasteiger partial charge in [-0.2, -0.15) is 0 Å². The summed E-state index contributed by atoms with van der Waals surface area (Å²) in [6.07, 6.45) is 5.73. The highest BCUT2D eigenvalue weighted by Crippen LogP contribution is 2.32. The van der Waals surface area contributed by atoms with Crippen LogP contribution < -0.4 is 9.47 Å². The number of benzene rings is 1. The lowest BCUT2D eigenvalue weighted by molar-refractivity contribution is 0.268. The van der Waals surface area contributed by atoms with Gasteiger partial charge in [0.15, 0.2) is 11.5 Å². The third kappa shape index (κ3) is 3.33. The quantitative estimate of drug-likeness (QED) is 0.779. The lowest BCUT2D eigenvalue weighted by Gasteiger charge is -2.29. The van der Waals surface area contributed by atoms with Crippen LogP contribution in [-0.2, 0) is 0 Å². The number of para-hydroxylation sites is 1. The molecule has 1 aliphatic rings. The van der Waals surface area contributed by atoms with Crippen LogP contribution in [0.1, 0.15) is 38.7 Å². The van der Waals surface area contributed by atoms with Crippen molar-refractivity contribution in [2.24, 2.45) is 16.8 Å². The molecule has 20 heavy (non-hydrogen) atoms. The number of rotatable bonds is 4. The molecule has 3 heteroatoms. The van der Waals surface area contributed by atoms with E-state index in [1.165, 1.54) is 19.3 Å². The van der Waals surface area contributed by atoms with Gasteiger partial charge in [-0.05, 0) is 36.8 Å². The first-order valence-electron chi connectivity index (χ1n) is 7.39. The zero-order valence-corrected chi connectivity index (χ0v) is 12.9. The smallest absolute Gasteiger partial charge is 0.169 e. The number of aliphatic imine (C=N–C) groups is 1. The molecule has 1 aliphatic carbocycles. The minimum Gasteiger partial charge on any atom is -0.493 e. The molecule has 110 valence electrons. The molecule has 0 heterocycles. The topological polar surface area (TPSA) is 30.8 Å². The largest absolute Gasteiger partial charge is 0.493 e. The van der Waals surface area contributed by atoms with E-state index in [0.29, 0.717) is 12.0 Å². The first-order valence-corrected chi connectivity index (χ1v) is 7.39. The molecular weight excluding hydrogens is 250 g/mol. The van der Waals surface area contributed by atoms with E-state index in [1.54, 1.807) is 14.2 Å². The Morgan fingerprint density at radius 3 is 2.65 bits per heavy atom. The molecule has 3 atom stereocenters. The SMILES string of the molecule is COc1cccc(C=N[C@@H]2C[C@@H](C)CC[C@@H]2C)c1OC. The number of methoxy groups -OCH3 is 2. The van der Waals surface area contributed by atoms with Gasteiger partial charge in [0.05, 0.1) is 20.3 Å². The average molecular weight is 275 g/mol. The van der Waals surface area contributed by atoms with Gasteiger partial charge in [-0.15, -0.1) is 0 Å². The molecule has 0 N–H and O–H groups in total. The Kier molecular flexibility index (Phi) is 5.05. The molecule has 1 aromatic rings. The van der Waals surface area contributed by atoms with Gasteiger partial charge < -0.3 is 9.47 Å². The molecule has 1 aromatic carbocycles. The summed E-state index contributed by atoms with van der Waals surface area (Å²) in [6, 6.07) is 6.31. The highest BCUT2D eigenvalue weighted by molar-refractivity contribution is 5.85. The molecule has 0 radical (unpaired) electrons. The second kappa shape index (κ2) is 6.78. The molecule has 0 aromatic heterocycles. The first-order chi connectivity index (χ1) is 9.65. The lowest BCUT2D eigenvalue weighted by atomic mass is 9.80. The minimum atomic E-state index is 0.426. The van der Waals surface area contributed by atoms with Crippen molar-refractivity contribution in [3.05, 3.63) is 23.8 Å². The standard InChI is InChI=1S/C17H25NO2/c1-12-8-9-13(2)15(10-12)18-11-14-6-5-7-16(19-3)17(14)20-4/h5-7,11-13,15H,8-10H2,1-4H3/t12-,13-,15+/m0/s1. The summed E-state index contributed by atoms with van der Waals surface area (Å²) < 4.78 is 10.8. The van der Waals surface area contributed by atoms with Crippen molar-refractivity contribution < 1.29 is 9.47 Å². The van der Waals surface area contributed by atoms with Gasteiger partial charge in [0.1, 0.15) is 0 Å². The van der Waals surface area contributed by atoms with Crippen LogP contribution in [-0.4, -0.2) is 26.5 Å². The lowest BCUT2D eigenvalue weighted by Crippen LogP contribution is -2.25. The van der Waals surface area contributed by atoms with Crippen molar-refractivity contribution >= 4 is 6.21 Å². The maximum atomic E-state index is 5.44. The van der Waals surface area contributed by atoms with Crippen molar-refractivity contribution in [3.8, 4) is 11.5 Å². The number of hydrogen-bond donors (Lipinski definition) is 0. The fourth-order valence-electron chi connectivity index (χ4n) is 2.90. The average Bonchev–Trinajstić information content (AvgIpc) is 2.47. The predicted molar refractivity (Wildman–Crippen MR) is 83.1 cm³/mol. The van der Waals surface area contributed by atoms with E-state index in [-0.39, 0.29) is 0 Å². The van der Waals surface area contributed by atoms with E-state index in [9.17, 15) is 0 Å². The maximum absolute atomic E-state index is 5.44. The molecule has 0 spiro atoms. The van der Waals surface area contributed by atoms with Gasteiger partial charge in [0.2, 0.25) is 0 Å². The molecule has 0 amide bonds. The number of nitrogens with zero attached hydrogens (tertiary/aromatic N) is 1. The Morgan fingerprint density at radius 2 is 1.95 bits per heavy atom. The molecule has 0 saturated heterocycles. The minimum absolute atomic E-state index is 0.426. The van der Waals surface area contributed by atoms with E-state index in [1.807, 2.05) is 24.4 Å². The number of ether oxygens (including phenoxy) is 2.